The lowest BCUT2D eigenvalue weighted by Gasteiger charge is -2.08. The number of hydrogen-bond acceptors (Lipinski definition) is 3. The molecule has 2 aliphatic rings. The molecule has 1 saturated carbocycles. The predicted octanol–water partition coefficient (Wildman–Crippen LogP) is 0.196. The number of carbonyl (C=O) groups excluding carboxylic acids is 1. The number of cyclic esters (lactones) is 1. The molecule has 1 aliphatic heterocycles. The van der Waals surface area contributed by atoms with Crippen LogP contribution in [0.25, 0.3) is 0 Å². The summed E-state index contributed by atoms with van der Waals surface area (Å²) in [6.45, 7) is 1.75. The summed E-state index contributed by atoms with van der Waals surface area (Å²) < 4.78 is 10.1. The Hall–Kier alpha value is -0.570. The number of fused-ring (bicyclic) bond motifs is 1. The van der Waals surface area contributed by atoms with E-state index in [1.807, 2.05) is 0 Å². The van der Waals surface area contributed by atoms with Gasteiger partial charge >= 0.3 is 5.97 Å². The Balaban J connectivity index is 1.94. The Bertz CT molecular complexity index is 155. The van der Waals surface area contributed by atoms with Gasteiger partial charge in [0.25, 0.3) is 0 Å². The number of hydrogen-bond donors (Lipinski definition) is 0. The smallest absolute Gasteiger partial charge is 0.309 e. The van der Waals surface area contributed by atoms with Gasteiger partial charge in [0, 0.05) is 0 Å². The second-order valence-corrected chi connectivity index (χ2v) is 2.84. The lowest BCUT2D eigenvalue weighted by molar-refractivity contribution is -0.149. The zero-order valence-electron chi connectivity index (χ0n) is 5.71. The van der Waals surface area contributed by atoms with Crippen molar-refractivity contribution in [1.82, 2.24) is 0 Å². The van der Waals surface area contributed by atoms with Crippen molar-refractivity contribution in [3.05, 3.63) is 0 Å². The summed E-state index contributed by atoms with van der Waals surface area (Å²) in [5, 5.41) is 0. The Kier molecular flexibility index (Phi) is 1.38. The maximum Gasteiger partial charge on any atom is 0.309 e. The highest BCUT2D eigenvalue weighted by molar-refractivity contribution is 5.75. The highest BCUT2D eigenvalue weighted by Crippen LogP contribution is 2.40. The first-order chi connectivity index (χ1) is 4.88. The first-order valence-corrected chi connectivity index (χ1v) is 3.62. The molecule has 1 heterocycles. The number of esters is 1. The highest BCUT2D eigenvalue weighted by atomic mass is 16.6. The standard InChI is InChI=1S/C7H10O3/c8-7-6-3-5(6)4-9-1-2-10-7/h5-6H,1-4H2. The summed E-state index contributed by atoms with van der Waals surface area (Å²) >= 11 is 0. The summed E-state index contributed by atoms with van der Waals surface area (Å²) in [4.78, 5) is 10.9. The van der Waals surface area contributed by atoms with E-state index in [0.29, 0.717) is 19.1 Å². The van der Waals surface area contributed by atoms with Crippen LogP contribution < -0.4 is 0 Å². The van der Waals surface area contributed by atoms with Gasteiger partial charge in [0.05, 0.1) is 19.1 Å². The molecule has 1 saturated heterocycles. The average molecular weight is 142 g/mol. The molecule has 2 atom stereocenters. The lowest BCUT2D eigenvalue weighted by Crippen LogP contribution is -2.17. The topological polar surface area (TPSA) is 35.5 Å². The molecule has 2 unspecified atom stereocenters. The van der Waals surface area contributed by atoms with Gasteiger partial charge in [-0.3, -0.25) is 4.79 Å². The van der Waals surface area contributed by atoms with E-state index in [4.69, 9.17) is 9.47 Å². The van der Waals surface area contributed by atoms with Crippen LogP contribution in [0.1, 0.15) is 6.42 Å². The molecule has 0 aromatic heterocycles. The SMILES string of the molecule is O=C1OCCOCC2CC12. The summed E-state index contributed by atoms with van der Waals surface area (Å²) in [6.07, 6.45) is 0.971. The molecule has 2 rings (SSSR count). The van der Waals surface area contributed by atoms with Crippen LogP contribution in [0.2, 0.25) is 0 Å². The zero-order chi connectivity index (χ0) is 6.97. The predicted molar refractivity (Wildman–Crippen MR) is 33.4 cm³/mol. The molecule has 56 valence electrons. The minimum atomic E-state index is -0.0201. The van der Waals surface area contributed by atoms with Crippen LogP contribution in [0, 0.1) is 11.8 Å². The molecule has 0 aromatic rings. The molecule has 1 aliphatic carbocycles. The van der Waals surface area contributed by atoms with Gasteiger partial charge in [-0.05, 0) is 12.3 Å². The number of rotatable bonds is 0. The Morgan fingerprint density at radius 3 is 3.20 bits per heavy atom. The average Bonchev–Trinajstić information content (AvgIpc) is 2.62. The van der Waals surface area contributed by atoms with E-state index >= 15 is 0 Å². The third-order valence-corrected chi connectivity index (χ3v) is 2.03. The lowest BCUT2D eigenvalue weighted by atomic mass is 10.3. The molecule has 0 spiro atoms. The van der Waals surface area contributed by atoms with E-state index in [-0.39, 0.29) is 11.9 Å². The van der Waals surface area contributed by atoms with E-state index in [9.17, 15) is 4.79 Å². The Morgan fingerprint density at radius 2 is 2.30 bits per heavy atom. The van der Waals surface area contributed by atoms with Crippen molar-refractivity contribution >= 4 is 5.97 Å². The molecule has 0 bridgehead atoms. The third kappa shape index (κ3) is 1.01. The van der Waals surface area contributed by atoms with Gasteiger partial charge in [0.1, 0.15) is 6.61 Å². The van der Waals surface area contributed by atoms with Crippen LogP contribution in [0.15, 0.2) is 0 Å². The quantitative estimate of drug-likeness (QED) is 0.453. The van der Waals surface area contributed by atoms with Crippen molar-refractivity contribution in [3.63, 3.8) is 0 Å². The fraction of sp³-hybridized carbons (Fsp3) is 0.857. The van der Waals surface area contributed by atoms with E-state index in [0.717, 1.165) is 13.0 Å². The van der Waals surface area contributed by atoms with Crippen LogP contribution in [-0.4, -0.2) is 25.8 Å². The normalized spacial score (nSPS) is 39.0. The van der Waals surface area contributed by atoms with Gasteiger partial charge in [0.15, 0.2) is 0 Å². The van der Waals surface area contributed by atoms with Crippen molar-refractivity contribution in [1.29, 1.82) is 0 Å². The highest BCUT2D eigenvalue weighted by Gasteiger charge is 2.44. The largest absolute Gasteiger partial charge is 0.463 e. The molecule has 3 heteroatoms. The third-order valence-electron chi connectivity index (χ3n) is 2.03. The van der Waals surface area contributed by atoms with E-state index < -0.39 is 0 Å². The molecule has 3 nitrogen and oxygen atoms in total. The maximum absolute atomic E-state index is 10.9. The first kappa shape index (κ1) is 6.16. The second kappa shape index (κ2) is 2.23. The van der Waals surface area contributed by atoms with Crippen LogP contribution in [0.4, 0.5) is 0 Å². The van der Waals surface area contributed by atoms with Gasteiger partial charge in [0.2, 0.25) is 0 Å². The molecule has 0 aromatic carbocycles. The van der Waals surface area contributed by atoms with Crippen LogP contribution in [0.5, 0.6) is 0 Å². The van der Waals surface area contributed by atoms with Gasteiger partial charge in [-0.15, -0.1) is 0 Å². The van der Waals surface area contributed by atoms with Crippen LogP contribution >= 0.6 is 0 Å². The number of ether oxygens (including phenoxy) is 2. The summed E-state index contributed by atoms with van der Waals surface area (Å²) in [5.74, 6) is 0.612. The minimum Gasteiger partial charge on any atom is -0.463 e. The van der Waals surface area contributed by atoms with E-state index in [2.05, 4.69) is 0 Å². The Morgan fingerprint density at radius 1 is 1.40 bits per heavy atom. The Labute approximate surface area is 59.3 Å². The minimum absolute atomic E-state index is 0.0201. The number of carbonyl (C=O) groups is 1. The van der Waals surface area contributed by atoms with E-state index in [1.165, 1.54) is 0 Å². The monoisotopic (exact) mass is 142 g/mol. The fourth-order valence-electron chi connectivity index (χ4n) is 1.26. The van der Waals surface area contributed by atoms with Gasteiger partial charge < -0.3 is 9.47 Å². The molecular weight excluding hydrogens is 132 g/mol. The van der Waals surface area contributed by atoms with Crippen molar-refractivity contribution < 1.29 is 14.3 Å². The van der Waals surface area contributed by atoms with Crippen LogP contribution in [0.3, 0.4) is 0 Å². The molecule has 0 N–H and O–H groups in total. The molecule has 10 heavy (non-hydrogen) atoms. The molecule has 2 fully saturated rings. The van der Waals surface area contributed by atoms with Crippen molar-refractivity contribution in [2.24, 2.45) is 11.8 Å². The summed E-state index contributed by atoms with van der Waals surface area (Å²) in [5.41, 5.74) is 0. The van der Waals surface area contributed by atoms with Crippen molar-refractivity contribution in [2.75, 3.05) is 19.8 Å². The van der Waals surface area contributed by atoms with E-state index in [1.54, 1.807) is 0 Å². The van der Waals surface area contributed by atoms with Crippen molar-refractivity contribution in [3.8, 4) is 0 Å². The van der Waals surface area contributed by atoms with Crippen LogP contribution in [-0.2, 0) is 14.3 Å². The molecular formula is C7H10O3. The maximum atomic E-state index is 10.9. The summed E-state index contributed by atoms with van der Waals surface area (Å²) in [6, 6.07) is 0. The zero-order valence-corrected chi connectivity index (χ0v) is 5.71. The van der Waals surface area contributed by atoms with Gasteiger partial charge in [-0.2, -0.15) is 0 Å². The van der Waals surface area contributed by atoms with Crippen molar-refractivity contribution in [2.45, 2.75) is 6.42 Å². The molecule has 0 amide bonds. The fourth-order valence-corrected chi connectivity index (χ4v) is 1.26. The van der Waals surface area contributed by atoms with Gasteiger partial charge in [-0.25, -0.2) is 0 Å². The van der Waals surface area contributed by atoms with Gasteiger partial charge in [-0.1, -0.05) is 0 Å². The second-order valence-electron chi connectivity index (χ2n) is 2.84. The first-order valence-electron chi connectivity index (χ1n) is 3.62. The summed E-state index contributed by atoms with van der Waals surface area (Å²) in [7, 11) is 0. The molecule has 0 radical (unpaired) electrons.